The zero-order chi connectivity index (χ0) is 21.7. The summed E-state index contributed by atoms with van der Waals surface area (Å²) in [5, 5.41) is 0. The van der Waals surface area contributed by atoms with Crippen molar-refractivity contribution >= 4 is 11.8 Å². The van der Waals surface area contributed by atoms with Crippen LogP contribution in [-0.2, 0) is 11.3 Å². The number of rotatable bonds is 9. The lowest BCUT2D eigenvalue weighted by Crippen LogP contribution is -2.39. The average molecular weight is 404 g/mol. The maximum Gasteiger partial charge on any atom is 0.340 e. The zero-order valence-electron chi connectivity index (χ0n) is 17.9. The summed E-state index contributed by atoms with van der Waals surface area (Å²) in [6, 6.07) is 4.32. The van der Waals surface area contributed by atoms with Gasteiger partial charge in [-0.2, -0.15) is 0 Å². The van der Waals surface area contributed by atoms with Crippen LogP contribution in [0.2, 0.25) is 0 Å². The number of likely N-dealkylation sites (N-methyl/N-ethyl adjacent to an activating group) is 1. The van der Waals surface area contributed by atoms with E-state index >= 15 is 0 Å². The van der Waals surface area contributed by atoms with Crippen molar-refractivity contribution in [2.45, 2.75) is 47.2 Å². The van der Waals surface area contributed by atoms with Gasteiger partial charge in [0.25, 0.3) is 0 Å². The van der Waals surface area contributed by atoms with Gasteiger partial charge in [0, 0.05) is 12.2 Å². The lowest BCUT2D eigenvalue weighted by molar-refractivity contribution is 0.0525. The van der Waals surface area contributed by atoms with Crippen LogP contribution >= 0.6 is 0 Å². The molecule has 29 heavy (non-hydrogen) atoms. The number of H-pyrrole nitrogens is 1. The van der Waals surface area contributed by atoms with Crippen LogP contribution in [0.25, 0.3) is 0 Å². The number of nitrogens with zero attached hydrogens (tertiary/aromatic N) is 1. The number of aryl methyl sites for hydroxylation is 1. The summed E-state index contributed by atoms with van der Waals surface area (Å²) in [6.45, 7) is 10.3. The second-order valence-electron chi connectivity index (χ2n) is 6.92. The van der Waals surface area contributed by atoms with E-state index in [4.69, 9.17) is 9.47 Å². The average Bonchev–Trinajstić information content (AvgIpc) is 2.99. The molecule has 6 nitrogen and oxygen atoms in total. The molecule has 0 aliphatic rings. The lowest BCUT2D eigenvalue weighted by atomic mass is 10.0. The molecule has 1 aromatic heterocycles. The van der Waals surface area contributed by atoms with Crippen molar-refractivity contribution in [1.82, 2.24) is 9.88 Å². The lowest BCUT2D eigenvalue weighted by Gasteiger charge is -2.27. The van der Waals surface area contributed by atoms with Crippen molar-refractivity contribution < 1.29 is 23.5 Å². The van der Waals surface area contributed by atoms with E-state index in [2.05, 4.69) is 4.98 Å². The Morgan fingerprint density at radius 3 is 2.48 bits per heavy atom. The van der Waals surface area contributed by atoms with Crippen LogP contribution in [0.15, 0.2) is 18.2 Å². The second-order valence-corrected chi connectivity index (χ2v) is 6.92. The quantitative estimate of drug-likeness (QED) is 0.504. The molecular formula is C22H29FN2O4. The third-order valence-electron chi connectivity index (χ3n) is 5.10. The molecule has 1 atom stereocenters. The molecule has 0 aliphatic heterocycles. The normalized spacial score (nSPS) is 12.1. The first kappa shape index (κ1) is 22.6. The number of hydrogen-bond donors (Lipinski definition) is 1. The predicted molar refractivity (Wildman–Crippen MR) is 109 cm³/mol. The number of benzene rings is 1. The van der Waals surface area contributed by atoms with Crippen molar-refractivity contribution in [3.05, 3.63) is 52.1 Å². The smallest absolute Gasteiger partial charge is 0.340 e. The molecular weight excluding hydrogens is 375 g/mol. The van der Waals surface area contributed by atoms with Gasteiger partial charge < -0.3 is 14.5 Å². The van der Waals surface area contributed by atoms with Gasteiger partial charge in [0.1, 0.15) is 0 Å². The standard InChI is InChI=1S/C22H29FN2O4/c1-7-25(12-16-9-10-18(28-6)17(23)11-16)15(5)21(26)20-13(3)19(14(4)24-20)22(27)29-8-2/h9-11,15,24H,7-8,12H2,1-6H3/t15-/m1/s1. The van der Waals surface area contributed by atoms with Gasteiger partial charge in [-0.25, -0.2) is 9.18 Å². The van der Waals surface area contributed by atoms with Crippen molar-refractivity contribution in [2.75, 3.05) is 20.3 Å². The second kappa shape index (κ2) is 9.69. The molecule has 158 valence electrons. The third-order valence-corrected chi connectivity index (χ3v) is 5.10. The minimum absolute atomic E-state index is 0.128. The number of halogens is 1. The van der Waals surface area contributed by atoms with E-state index in [0.29, 0.717) is 35.6 Å². The van der Waals surface area contributed by atoms with Crippen molar-refractivity contribution in [1.29, 1.82) is 0 Å². The maximum absolute atomic E-state index is 14.0. The van der Waals surface area contributed by atoms with Crippen LogP contribution in [0.3, 0.4) is 0 Å². The highest BCUT2D eigenvalue weighted by Gasteiger charge is 2.28. The van der Waals surface area contributed by atoms with Crippen LogP contribution in [0.5, 0.6) is 5.75 Å². The number of aromatic nitrogens is 1. The predicted octanol–water partition coefficient (Wildman–Crippen LogP) is 4.05. The molecule has 7 heteroatoms. The summed E-state index contributed by atoms with van der Waals surface area (Å²) in [5.41, 5.74) is 2.75. The number of nitrogens with one attached hydrogen (secondary N) is 1. The molecule has 0 aliphatic carbocycles. The van der Waals surface area contributed by atoms with Crippen molar-refractivity contribution in [2.24, 2.45) is 0 Å². The first-order valence-corrected chi connectivity index (χ1v) is 9.71. The van der Waals surface area contributed by atoms with Crippen molar-refractivity contribution in [3.63, 3.8) is 0 Å². The fourth-order valence-corrected chi connectivity index (χ4v) is 3.45. The van der Waals surface area contributed by atoms with Gasteiger partial charge in [0.2, 0.25) is 0 Å². The summed E-state index contributed by atoms with van der Waals surface area (Å²) in [4.78, 5) is 30.3. The molecule has 0 bridgehead atoms. The number of aromatic amines is 1. The zero-order valence-corrected chi connectivity index (χ0v) is 17.9. The van der Waals surface area contributed by atoms with E-state index in [9.17, 15) is 14.0 Å². The number of esters is 1. The molecule has 0 saturated heterocycles. The summed E-state index contributed by atoms with van der Waals surface area (Å²) in [6.07, 6.45) is 0. The summed E-state index contributed by atoms with van der Waals surface area (Å²) in [5.74, 6) is -0.816. The molecule has 0 radical (unpaired) electrons. The molecule has 2 aromatic rings. The van der Waals surface area contributed by atoms with Crippen LogP contribution in [0, 0.1) is 19.7 Å². The van der Waals surface area contributed by atoms with Crippen LogP contribution < -0.4 is 4.74 Å². The van der Waals surface area contributed by atoms with Crippen LogP contribution in [0.4, 0.5) is 4.39 Å². The van der Waals surface area contributed by atoms with Crippen LogP contribution in [-0.4, -0.2) is 47.9 Å². The molecule has 1 heterocycles. The Bertz CT molecular complexity index is 891. The molecule has 0 unspecified atom stereocenters. The number of carbonyl (C=O) groups excluding carboxylic acids is 2. The van der Waals surface area contributed by atoms with Crippen molar-refractivity contribution in [3.8, 4) is 5.75 Å². The Morgan fingerprint density at radius 1 is 1.24 bits per heavy atom. The number of ether oxygens (including phenoxy) is 2. The summed E-state index contributed by atoms with van der Waals surface area (Å²) in [7, 11) is 1.42. The number of carbonyl (C=O) groups is 2. The van der Waals surface area contributed by atoms with E-state index < -0.39 is 17.8 Å². The number of hydrogen-bond acceptors (Lipinski definition) is 5. The SMILES string of the molecule is CCOC(=O)c1c(C)[nH]c(C(=O)[C@@H](C)N(CC)Cc2ccc(OC)c(F)c2)c1C. The van der Waals surface area contributed by atoms with E-state index in [1.165, 1.54) is 13.2 Å². The molecule has 1 N–H and O–H groups in total. The van der Waals surface area contributed by atoms with Gasteiger partial charge in [-0.15, -0.1) is 0 Å². The fourth-order valence-electron chi connectivity index (χ4n) is 3.45. The number of Topliss-reactive ketones (excluding diaryl/α,β-unsaturated/α-hetero) is 1. The Hall–Kier alpha value is -2.67. The molecule has 0 fully saturated rings. The Kier molecular flexibility index (Phi) is 7.56. The van der Waals surface area contributed by atoms with E-state index in [-0.39, 0.29) is 18.1 Å². The molecule has 0 saturated carbocycles. The Morgan fingerprint density at radius 2 is 1.93 bits per heavy atom. The highest BCUT2D eigenvalue weighted by atomic mass is 19.1. The highest BCUT2D eigenvalue weighted by Crippen LogP contribution is 2.23. The molecule has 2 rings (SSSR count). The first-order chi connectivity index (χ1) is 13.7. The van der Waals surface area contributed by atoms with Gasteiger partial charge in [0.05, 0.1) is 31.0 Å². The van der Waals surface area contributed by atoms with Gasteiger partial charge in [-0.05, 0) is 57.5 Å². The topological polar surface area (TPSA) is 71.6 Å². The largest absolute Gasteiger partial charge is 0.494 e. The third kappa shape index (κ3) is 4.85. The van der Waals surface area contributed by atoms with Crippen LogP contribution in [0.1, 0.15) is 58.4 Å². The van der Waals surface area contributed by atoms with E-state index in [0.717, 1.165) is 5.56 Å². The van der Waals surface area contributed by atoms with Gasteiger partial charge in [-0.1, -0.05) is 13.0 Å². The highest BCUT2D eigenvalue weighted by molar-refractivity contribution is 6.03. The number of methoxy groups -OCH3 is 1. The van der Waals surface area contributed by atoms with Gasteiger partial charge in [0.15, 0.2) is 17.3 Å². The Balaban J connectivity index is 2.24. The Labute approximate surface area is 171 Å². The maximum atomic E-state index is 14.0. The summed E-state index contributed by atoms with van der Waals surface area (Å²) >= 11 is 0. The van der Waals surface area contributed by atoms with Gasteiger partial charge >= 0.3 is 5.97 Å². The molecule has 1 aromatic carbocycles. The molecule has 0 spiro atoms. The monoisotopic (exact) mass is 404 g/mol. The minimum atomic E-state index is -0.461. The fraction of sp³-hybridized carbons (Fsp3) is 0.455. The van der Waals surface area contributed by atoms with E-state index in [1.54, 1.807) is 32.9 Å². The first-order valence-electron chi connectivity index (χ1n) is 9.71. The molecule has 0 amide bonds. The summed E-state index contributed by atoms with van der Waals surface area (Å²) < 4.78 is 24.1. The minimum Gasteiger partial charge on any atom is -0.494 e. The van der Waals surface area contributed by atoms with E-state index in [1.807, 2.05) is 18.7 Å². The van der Waals surface area contributed by atoms with Gasteiger partial charge in [-0.3, -0.25) is 9.69 Å². The number of ketones is 1.